The summed E-state index contributed by atoms with van der Waals surface area (Å²) >= 11 is 0. The quantitative estimate of drug-likeness (QED) is 0.836. The summed E-state index contributed by atoms with van der Waals surface area (Å²) < 4.78 is 45.3. The van der Waals surface area contributed by atoms with Gasteiger partial charge in [0.2, 0.25) is 0 Å². The van der Waals surface area contributed by atoms with Crippen molar-refractivity contribution in [3.05, 3.63) is 64.7 Å². The molecule has 136 valence electrons. The minimum atomic E-state index is -4.35. The van der Waals surface area contributed by atoms with E-state index >= 15 is 0 Å². The van der Waals surface area contributed by atoms with E-state index in [0.29, 0.717) is 36.1 Å². The number of carbonyl (C=O) groups is 1. The highest BCUT2D eigenvalue weighted by Gasteiger charge is 2.44. The smallest absolute Gasteiger partial charge is 0.416 e. The number of rotatable bonds is 4. The van der Waals surface area contributed by atoms with Gasteiger partial charge >= 0.3 is 12.1 Å². The second-order valence-corrected chi connectivity index (χ2v) is 6.87. The van der Waals surface area contributed by atoms with Gasteiger partial charge in [0.05, 0.1) is 11.5 Å². The molecule has 3 nitrogen and oxygen atoms in total. The molecule has 1 saturated carbocycles. The number of halogens is 3. The lowest BCUT2D eigenvalue weighted by Gasteiger charge is -2.16. The highest BCUT2D eigenvalue weighted by atomic mass is 19.4. The zero-order chi connectivity index (χ0) is 18.5. The number of carboxylic acid groups (broad SMARTS) is 1. The van der Waals surface area contributed by atoms with E-state index in [9.17, 15) is 18.0 Å². The third kappa shape index (κ3) is 3.04. The Labute approximate surface area is 148 Å². The second-order valence-electron chi connectivity index (χ2n) is 6.87. The molecule has 2 aromatic carbocycles. The lowest BCUT2D eigenvalue weighted by molar-refractivity contribution is -0.139. The average Bonchev–Trinajstić information content (AvgIpc) is 3.30. The van der Waals surface area contributed by atoms with Gasteiger partial charge in [0.15, 0.2) is 0 Å². The molecule has 2 aliphatic rings. The summed E-state index contributed by atoms with van der Waals surface area (Å²) in [5.41, 5.74) is 1.29. The van der Waals surface area contributed by atoms with Crippen molar-refractivity contribution in [2.75, 3.05) is 0 Å². The largest absolute Gasteiger partial charge is 0.486 e. The van der Waals surface area contributed by atoms with Crippen LogP contribution in [0.2, 0.25) is 0 Å². The third-order valence-corrected chi connectivity index (χ3v) is 5.22. The van der Waals surface area contributed by atoms with Crippen LogP contribution in [0.4, 0.5) is 13.2 Å². The molecule has 6 heteroatoms. The molecule has 2 aromatic rings. The molecule has 0 heterocycles. The monoisotopic (exact) mass is 362 g/mol. The van der Waals surface area contributed by atoms with Crippen molar-refractivity contribution in [2.45, 2.75) is 37.5 Å². The molecule has 0 aromatic heterocycles. The fraction of sp³-hybridized carbons (Fsp3) is 0.350. The number of ether oxygens (including phenoxy) is 1. The van der Waals surface area contributed by atoms with E-state index in [1.165, 1.54) is 6.07 Å². The van der Waals surface area contributed by atoms with Crippen LogP contribution in [-0.4, -0.2) is 11.1 Å². The predicted octanol–water partition coefficient (Wildman–Crippen LogP) is 4.96. The minimum absolute atomic E-state index is 0.0445. The summed E-state index contributed by atoms with van der Waals surface area (Å²) in [4.78, 5) is 11.0. The third-order valence-electron chi connectivity index (χ3n) is 5.22. The highest BCUT2D eigenvalue weighted by molar-refractivity contribution is 5.75. The van der Waals surface area contributed by atoms with Crippen LogP contribution in [0.1, 0.15) is 47.1 Å². The Hall–Kier alpha value is -2.50. The normalized spacial score (nSPS) is 24.2. The molecule has 3 unspecified atom stereocenters. The number of aliphatic carboxylic acids is 1. The van der Waals surface area contributed by atoms with E-state index in [0.717, 1.165) is 11.6 Å². The molecule has 1 fully saturated rings. The number of hydrogen-bond donors (Lipinski definition) is 1. The molecule has 0 aliphatic heterocycles. The Balaban J connectivity index is 1.50. The van der Waals surface area contributed by atoms with Gasteiger partial charge < -0.3 is 9.84 Å². The Morgan fingerprint density at radius 2 is 1.85 bits per heavy atom. The number of fused-ring (bicyclic) bond motifs is 1. The Kier molecular flexibility index (Phi) is 3.93. The van der Waals surface area contributed by atoms with E-state index < -0.39 is 23.8 Å². The van der Waals surface area contributed by atoms with Crippen LogP contribution in [0, 0.1) is 5.92 Å². The number of hydrogen-bond acceptors (Lipinski definition) is 2. The average molecular weight is 362 g/mol. The molecule has 3 atom stereocenters. The second kappa shape index (κ2) is 6.04. The summed E-state index contributed by atoms with van der Waals surface area (Å²) in [6, 6.07) is 11.4. The Morgan fingerprint density at radius 3 is 2.46 bits per heavy atom. The van der Waals surface area contributed by atoms with E-state index in [4.69, 9.17) is 9.84 Å². The highest BCUT2D eigenvalue weighted by Crippen LogP contribution is 2.48. The van der Waals surface area contributed by atoms with Crippen molar-refractivity contribution < 1.29 is 27.8 Å². The Bertz CT molecular complexity index is 842. The minimum Gasteiger partial charge on any atom is -0.486 e. The fourth-order valence-electron chi connectivity index (χ4n) is 3.80. The summed E-state index contributed by atoms with van der Waals surface area (Å²) in [5.74, 6) is -0.470. The number of carboxylic acids is 1. The first-order chi connectivity index (χ1) is 12.3. The molecule has 26 heavy (non-hydrogen) atoms. The number of alkyl halides is 3. The summed E-state index contributed by atoms with van der Waals surface area (Å²) in [6.45, 7) is 0. The lowest BCUT2D eigenvalue weighted by Crippen LogP contribution is -2.09. The summed E-state index contributed by atoms with van der Waals surface area (Å²) in [7, 11) is 0. The molecule has 0 radical (unpaired) electrons. The molecule has 0 amide bonds. The molecule has 0 saturated heterocycles. The van der Waals surface area contributed by atoms with Gasteiger partial charge in [-0.15, -0.1) is 0 Å². The molecular formula is C20H17F3O3. The van der Waals surface area contributed by atoms with Crippen LogP contribution in [0.25, 0.3) is 0 Å². The first-order valence-electron chi connectivity index (χ1n) is 8.53. The zero-order valence-corrected chi connectivity index (χ0v) is 13.8. The maximum absolute atomic E-state index is 13.1. The van der Waals surface area contributed by atoms with Crippen molar-refractivity contribution in [2.24, 2.45) is 5.92 Å². The van der Waals surface area contributed by atoms with Crippen molar-refractivity contribution in [3.63, 3.8) is 0 Å². The van der Waals surface area contributed by atoms with E-state index in [2.05, 4.69) is 0 Å². The van der Waals surface area contributed by atoms with E-state index in [-0.39, 0.29) is 11.8 Å². The fourth-order valence-corrected chi connectivity index (χ4v) is 3.80. The van der Waals surface area contributed by atoms with Gasteiger partial charge in [-0.3, -0.25) is 4.79 Å². The van der Waals surface area contributed by atoms with Crippen LogP contribution in [-0.2, 0) is 17.4 Å². The van der Waals surface area contributed by atoms with Crippen LogP contribution in [0.15, 0.2) is 42.5 Å². The SMILES string of the molecule is O=C(O)C1CC1c1ccc(OC2CCc3c2cccc3C(F)(F)F)cc1. The summed E-state index contributed by atoms with van der Waals surface area (Å²) in [5, 5.41) is 9.00. The first-order valence-corrected chi connectivity index (χ1v) is 8.53. The first kappa shape index (κ1) is 16.9. The lowest BCUT2D eigenvalue weighted by atomic mass is 10.0. The van der Waals surface area contributed by atoms with Crippen molar-refractivity contribution in [1.29, 1.82) is 0 Å². The van der Waals surface area contributed by atoms with Gasteiger partial charge in [-0.05, 0) is 60.1 Å². The van der Waals surface area contributed by atoms with Gasteiger partial charge in [-0.25, -0.2) is 0 Å². The molecule has 4 rings (SSSR count). The zero-order valence-electron chi connectivity index (χ0n) is 13.8. The van der Waals surface area contributed by atoms with Crippen molar-refractivity contribution >= 4 is 5.97 Å². The maximum atomic E-state index is 13.1. The van der Waals surface area contributed by atoms with Gasteiger partial charge in [-0.2, -0.15) is 13.2 Å². The van der Waals surface area contributed by atoms with Crippen molar-refractivity contribution in [1.82, 2.24) is 0 Å². The van der Waals surface area contributed by atoms with E-state index in [1.807, 2.05) is 12.1 Å². The molecular weight excluding hydrogens is 345 g/mol. The van der Waals surface area contributed by atoms with Gasteiger partial charge in [0.1, 0.15) is 11.9 Å². The molecule has 2 aliphatic carbocycles. The Morgan fingerprint density at radius 1 is 1.12 bits per heavy atom. The van der Waals surface area contributed by atoms with Crippen LogP contribution >= 0.6 is 0 Å². The topological polar surface area (TPSA) is 46.5 Å². The van der Waals surface area contributed by atoms with Gasteiger partial charge in [0, 0.05) is 0 Å². The summed E-state index contributed by atoms with van der Waals surface area (Å²) in [6.07, 6.45) is -3.26. The van der Waals surface area contributed by atoms with Crippen molar-refractivity contribution in [3.8, 4) is 5.75 Å². The predicted molar refractivity (Wildman–Crippen MR) is 88.1 cm³/mol. The van der Waals surface area contributed by atoms with Gasteiger partial charge in [-0.1, -0.05) is 24.3 Å². The van der Waals surface area contributed by atoms with Gasteiger partial charge in [0.25, 0.3) is 0 Å². The molecule has 0 spiro atoms. The molecule has 0 bridgehead atoms. The molecule has 1 N–H and O–H groups in total. The van der Waals surface area contributed by atoms with Crippen LogP contribution in [0.5, 0.6) is 5.75 Å². The van der Waals surface area contributed by atoms with Crippen LogP contribution in [0.3, 0.4) is 0 Å². The van der Waals surface area contributed by atoms with E-state index in [1.54, 1.807) is 18.2 Å². The number of benzene rings is 2. The standard InChI is InChI=1S/C20H17F3O3/c21-20(22,23)17-3-1-2-14-13(17)8-9-18(14)26-12-6-4-11(5-7-12)15-10-16(15)19(24)25/h1-7,15-16,18H,8-10H2,(H,24,25). The van der Waals surface area contributed by atoms with Crippen LogP contribution < -0.4 is 4.74 Å². The maximum Gasteiger partial charge on any atom is 0.416 e.